The molecule has 1 heterocycles. The van der Waals surface area contributed by atoms with Crippen LogP contribution in [0.5, 0.6) is 0 Å². The molecular formula is C20H30N4O2S. The van der Waals surface area contributed by atoms with Crippen molar-refractivity contribution >= 4 is 28.2 Å². The Morgan fingerprint density at radius 2 is 2.07 bits per heavy atom. The highest BCUT2D eigenvalue weighted by Gasteiger charge is 2.14. The topological polar surface area (TPSA) is 60.6 Å². The van der Waals surface area contributed by atoms with Crippen molar-refractivity contribution in [1.82, 2.24) is 20.1 Å². The molecule has 0 bridgehead atoms. The molecule has 6 nitrogen and oxygen atoms in total. The number of benzene rings is 1. The summed E-state index contributed by atoms with van der Waals surface area (Å²) in [6.45, 7) is 5.51. The van der Waals surface area contributed by atoms with E-state index < -0.39 is 0 Å². The first-order valence-electron chi connectivity index (χ1n) is 9.20. The number of nitrogens with zero attached hydrogens (tertiary/aromatic N) is 2. The molecule has 0 unspecified atom stereocenters. The zero-order chi connectivity index (χ0) is 19.8. The molecule has 0 aliphatic rings. The second kappa shape index (κ2) is 10.4. The second-order valence-electron chi connectivity index (χ2n) is 6.97. The highest BCUT2D eigenvalue weighted by atomic mass is 32.1. The Kier molecular flexibility index (Phi) is 8.22. The predicted molar refractivity (Wildman–Crippen MR) is 115 cm³/mol. The number of likely N-dealkylation sites (N-methyl/N-ethyl adjacent to an activating group) is 1. The van der Waals surface area contributed by atoms with Crippen LogP contribution in [0, 0.1) is 6.92 Å². The average molecular weight is 391 g/mol. The van der Waals surface area contributed by atoms with Crippen LogP contribution in [0.2, 0.25) is 0 Å². The van der Waals surface area contributed by atoms with Crippen LogP contribution in [0.3, 0.4) is 0 Å². The number of aromatic amines is 1. The van der Waals surface area contributed by atoms with Crippen molar-refractivity contribution in [2.45, 2.75) is 19.9 Å². The molecular weight excluding hydrogens is 360 g/mol. The van der Waals surface area contributed by atoms with E-state index in [1.807, 2.05) is 50.2 Å². The number of methoxy groups -OCH3 is 1. The van der Waals surface area contributed by atoms with Crippen molar-refractivity contribution < 1.29 is 4.74 Å². The van der Waals surface area contributed by atoms with Crippen LogP contribution >= 0.6 is 12.2 Å². The summed E-state index contributed by atoms with van der Waals surface area (Å²) < 4.78 is 5.08. The van der Waals surface area contributed by atoms with Gasteiger partial charge in [0.25, 0.3) is 5.56 Å². The lowest BCUT2D eigenvalue weighted by Gasteiger charge is -2.27. The summed E-state index contributed by atoms with van der Waals surface area (Å²) >= 11 is 5.58. The van der Waals surface area contributed by atoms with Crippen LogP contribution < -0.4 is 10.9 Å². The number of fused-ring (bicyclic) bond motifs is 1. The summed E-state index contributed by atoms with van der Waals surface area (Å²) in [5.41, 5.74) is 2.61. The van der Waals surface area contributed by atoms with Crippen molar-refractivity contribution in [2.75, 3.05) is 47.4 Å². The number of nitrogens with one attached hydrogen (secondary N) is 2. The number of ether oxygens (including phenoxy) is 1. The minimum absolute atomic E-state index is 0.0613. The summed E-state index contributed by atoms with van der Waals surface area (Å²) in [4.78, 5) is 19.8. The number of aromatic nitrogens is 1. The van der Waals surface area contributed by atoms with Gasteiger partial charge in [-0.15, -0.1) is 0 Å². The largest absolute Gasteiger partial charge is 0.385 e. The van der Waals surface area contributed by atoms with Crippen LogP contribution in [0.25, 0.3) is 10.9 Å². The number of aryl methyl sites for hydroxylation is 1. The first kappa shape index (κ1) is 21.3. The summed E-state index contributed by atoms with van der Waals surface area (Å²) in [7, 11) is 5.74. The fraction of sp³-hybridized carbons (Fsp3) is 0.500. The van der Waals surface area contributed by atoms with Crippen molar-refractivity contribution in [3.8, 4) is 0 Å². The smallest absolute Gasteiger partial charge is 0.253 e. The normalized spacial score (nSPS) is 11.1. The Morgan fingerprint density at radius 3 is 2.78 bits per heavy atom. The van der Waals surface area contributed by atoms with Crippen LogP contribution in [0.1, 0.15) is 17.5 Å². The maximum atomic E-state index is 12.6. The van der Waals surface area contributed by atoms with Gasteiger partial charge in [0.05, 0.1) is 12.1 Å². The number of pyridine rings is 1. The maximum Gasteiger partial charge on any atom is 0.253 e. The van der Waals surface area contributed by atoms with Gasteiger partial charge in [0, 0.05) is 38.9 Å². The third-order valence-electron chi connectivity index (χ3n) is 4.43. The number of para-hydroxylation sites is 1. The Hall–Kier alpha value is -1.96. The van der Waals surface area contributed by atoms with Crippen molar-refractivity contribution in [1.29, 1.82) is 0 Å². The van der Waals surface area contributed by atoms with E-state index in [9.17, 15) is 4.79 Å². The summed E-state index contributed by atoms with van der Waals surface area (Å²) in [5.74, 6) is 0. The Balaban J connectivity index is 2.18. The molecule has 0 saturated carbocycles. The van der Waals surface area contributed by atoms with Crippen LogP contribution in [-0.4, -0.2) is 67.3 Å². The lowest BCUT2D eigenvalue weighted by atomic mass is 10.1. The molecule has 2 rings (SSSR count). The predicted octanol–water partition coefficient (Wildman–Crippen LogP) is 2.11. The highest BCUT2D eigenvalue weighted by Crippen LogP contribution is 2.15. The third kappa shape index (κ3) is 6.30. The van der Waals surface area contributed by atoms with Gasteiger partial charge in [0.15, 0.2) is 5.11 Å². The third-order valence-corrected chi connectivity index (χ3v) is 4.83. The van der Waals surface area contributed by atoms with Gasteiger partial charge in [0.2, 0.25) is 0 Å². The quantitative estimate of drug-likeness (QED) is 0.505. The van der Waals surface area contributed by atoms with Gasteiger partial charge in [0.1, 0.15) is 0 Å². The summed E-state index contributed by atoms with van der Waals surface area (Å²) in [5, 5.41) is 4.98. The number of thiocarbonyl (C=S) groups is 1. The van der Waals surface area contributed by atoms with Crippen molar-refractivity contribution in [3.05, 3.63) is 45.7 Å². The number of hydrogen-bond donors (Lipinski definition) is 2. The lowest BCUT2D eigenvalue weighted by molar-refractivity contribution is 0.195. The van der Waals surface area contributed by atoms with Gasteiger partial charge < -0.3 is 24.8 Å². The Labute approximate surface area is 166 Å². The summed E-state index contributed by atoms with van der Waals surface area (Å²) in [6, 6.07) is 8.00. The standard InChI is InChI=1S/C20H30N4O2S/c1-15-7-5-8-16-13-17(19(25)22-18(15)16)14-24(11-10-23(2)3)20(27)21-9-6-12-26-4/h5,7-8,13H,6,9-12,14H2,1-4H3,(H,21,27)(H,22,25). The SMILES string of the molecule is COCCCNC(=S)N(CCN(C)C)Cc1cc2cccc(C)c2[nH]c1=O. The van der Waals surface area contributed by atoms with Crippen LogP contribution in [0.15, 0.2) is 29.1 Å². The van der Waals surface area contributed by atoms with E-state index in [2.05, 4.69) is 15.2 Å². The van der Waals surface area contributed by atoms with E-state index in [1.54, 1.807) is 7.11 Å². The molecule has 0 spiro atoms. The zero-order valence-electron chi connectivity index (χ0n) is 16.7. The molecule has 2 aromatic rings. The Bertz CT molecular complexity index is 819. The van der Waals surface area contributed by atoms with E-state index in [1.165, 1.54) is 0 Å². The molecule has 2 N–H and O–H groups in total. The van der Waals surface area contributed by atoms with E-state index in [0.29, 0.717) is 23.8 Å². The number of H-pyrrole nitrogens is 1. The molecule has 0 radical (unpaired) electrons. The van der Waals surface area contributed by atoms with Gasteiger partial charge in [-0.25, -0.2) is 0 Å². The number of rotatable bonds is 9. The van der Waals surface area contributed by atoms with E-state index in [0.717, 1.165) is 42.5 Å². The highest BCUT2D eigenvalue weighted by molar-refractivity contribution is 7.80. The fourth-order valence-electron chi connectivity index (χ4n) is 2.85. The van der Waals surface area contributed by atoms with Gasteiger partial charge in [-0.3, -0.25) is 4.79 Å². The lowest BCUT2D eigenvalue weighted by Crippen LogP contribution is -2.43. The molecule has 0 atom stereocenters. The molecule has 1 aromatic heterocycles. The van der Waals surface area contributed by atoms with Crippen molar-refractivity contribution in [2.24, 2.45) is 0 Å². The molecule has 0 aliphatic heterocycles. The van der Waals surface area contributed by atoms with Crippen molar-refractivity contribution in [3.63, 3.8) is 0 Å². The number of hydrogen-bond acceptors (Lipinski definition) is 4. The molecule has 0 aliphatic carbocycles. The summed E-state index contributed by atoms with van der Waals surface area (Å²) in [6.07, 6.45) is 0.883. The molecule has 27 heavy (non-hydrogen) atoms. The fourth-order valence-corrected chi connectivity index (χ4v) is 3.11. The van der Waals surface area contributed by atoms with E-state index in [-0.39, 0.29) is 5.56 Å². The Morgan fingerprint density at radius 1 is 1.30 bits per heavy atom. The van der Waals surface area contributed by atoms with Gasteiger partial charge >= 0.3 is 0 Å². The van der Waals surface area contributed by atoms with E-state index in [4.69, 9.17) is 17.0 Å². The first-order chi connectivity index (χ1) is 12.9. The maximum absolute atomic E-state index is 12.6. The minimum atomic E-state index is -0.0613. The minimum Gasteiger partial charge on any atom is -0.385 e. The second-order valence-corrected chi connectivity index (χ2v) is 7.35. The molecule has 0 fully saturated rings. The van der Waals surface area contributed by atoms with Gasteiger partial charge in [-0.05, 0) is 56.7 Å². The van der Waals surface area contributed by atoms with Crippen LogP contribution in [0.4, 0.5) is 0 Å². The molecule has 7 heteroatoms. The molecule has 0 saturated heterocycles. The van der Waals surface area contributed by atoms with E-state index >= 15 is 0 Å². The van der Waals surface area contributed by atoms with Gasteiger partial charge in [-0.1, -0.05) is 18.2 Å². The van der Waals surface area contributed by atoms with Gasteiger partial charge in [-0.2, -0.15) is 0 Å². The molecule has 1 aromatic carbocycles. The monoisotopic (exact) mass is 390 g/mol. The molecule has 148 valence electrons. The van der Waals surface area contributed by atoms with Crippen LogP contribution in [-0.2, 0) is 11.3 Å². The first-order valence-corrected chi connectivity index (χ1v) is 9.61. The average Bonchev–Trinajstić information content (AvgIpc) is 2.63. The molecule has 0 amide bonds. The zero-order valence-corrected chi connectivity index (χ0v) is 17.5.